The molecule has 0 radical (unpaired) electrons. The second kappa shape index (κ2) is 18.9. The zero-order valence-corrected chi connectivity index (χ0v) is 40.0. The molecule has 0 aliphatic carbocycles. The van der Waals surface area contributed by atoms with Gasteiger partial charge in [-0.05, 0) is 152 Å². The Morgan fingerprint density at radius 3 is 1.12 bits per heavy atom. The van der Waals surface area contributed by atoms with E-state index in [1.807, 2.05) is 12.1 Å². The van der Waals surface area contributed by atoms with Gasteiger partial charge in [0.25, 0.3) is 0 Å². The maximum absolute atomic E-state index is 6.39. The Labute approximate surface area is 425 Å². The van der Waals surface area contributed by atoms with Crippen LogP contribution in [0.2, 0.25) is 0 Å². The van der Waals surface area contributed by atoms with E-state index in [9.17, 15) is 0 Å². The summed E-state index contributed by atoms with van der Waals surface area (Å²) in [6.45, 7) is 0. The van der Waals surface area contributed by atoms with E-state index in [-0.39, 0.29) is 0 Å². The van der Waals surface area contributed by atoms with Crippen LogP contribution in [0.25, 0.3) is 88.3 Å². The summed E-state index contributed by atoms with van der Waals surface area (Å²) in [6.07, 6.45) is 0. The molecular formula is C70H48N2O. The minimum atomic E-state index is 0.863. The van der Waals surface area contributed by atoms with Gasteiger partial charge in [0.1, 0.15) is 11.2 Å². The molecule has 0 fully saturated rings. The summed E-state index contributed by atoms with van der Waals surface area (Å²) in [5, 5.41) is 4.63. The molecule has 0 unspecified atom stereocenters. The summed E-state index contributed by atoms with van der Waals surface area (Å²) in [4.78, 5) is 4.70. The van der Waals surface area contributed by atoms with Gasteiger partial charge in [-0.15, -0.1) is 0 Å². The summed E-state index contributed by atoms with van der Waals surface area (Å²) in [7, 11) is 0. The van der Waals surface area contributed by atoms with E-state index in [0.717, 1.165) is 101 Å². The standard InChI is InChI=1S/C70H48N2O/c1-6-20-49(21-7-1)63-48-66(53-36-40-59(41-37-53)72(57-30-14-5-15-31-57)68-45-55-27-17-16-26-54(55)44-67(68)51-24-10-3-11-25-51)64(50-22-8-2-9-23-50)47-65(63)52-34-38-58(39-35-52)71(56-28-12-4-13-29-56)60-42-43-62-61-32-18-19-33-69(61)73-70(62)46-60/h1-48H. The normalized spacial score (nSPS) is 11.3. The first-order chi connectivity index (χ1) is 36.2. The Hall–Kier alpha value is -9.70. The van der Waals surface area contributed by atoms with Gasteiger partial charge >= 0.3 is 0 Å². The highest BCUT2D eigenvalue weighted by Gasteiger charge is 2.22. The smallest absolute Gasteiger partial charge is 0.137 e. The van der Waals surface area contributed by atoms with Gasteiger partial charge in [-0.25, -0.2) is 0 Å². The van der Waals surface area contributed by atoms with E-state index in [4.69, 9.17) is 4.42 Å². The van der Waals surface area contributed by atoms with E-state index in [2.05, 4.69) is 289 Å². The van der Waals surface area contributed by atoms with Crippen LogP contribution in [0, 0.1) is 0 Å². The van der Waals surface area contributed by atoms with Crippen LogP contribution in [0.1, 0.15) is 0 Å². The van der Waals surface area contributed by atoms with Gasteiger partial charge < -0.3 is 14.2 Å². The lowest BCUT2D eigenvalue weighted by Gasteiger charge is -2.29. The Morgan fingerprint density at radius 1 is 0.219 bits per heavy atom. The quantitative estimate of drug-likeness (QED) is 0.129. The molecule has 1 heterocycles. The van der Waals surface area contributed by atoms with Crippen molar-refractivity contribution in [1.29, 1.82) is 0 Å². The number of furan rings is 1. The van der Waals surface area contributed by atoms with E-state index in [0.29, 0.717) is 0 Å². The molecule has 0 amide bonds. The van der Waals surface area contributed by atoms with Crippen LogP contribution in [-0.4, -0.2) is 0 Å². The topological polar surface area (TPSA) is 19.6 Å². The molecule has 344 valence electrons. The maximum Gasteiger partial charge on any atom is 0.137 e. The van der Waals surface area contributed by atoms with Crippen LogP contribution in [0.3, 0.4) is 0 Å². The fourth-order valence-corrected chi connectivity index (χ4v) is 10.5. The fourth-order valence-electron chi connectivity index (χ4n) is 10.5. The van der Waals surface area contributed by atoms with Gasteiger partial charge in [-0.1, -0.05) is 194 Å². The maximum atomic E-state index is 6.39. The second-order valence-electron chi connectivity index (χ2n) is 18.5. The zero-order valence-electron chi connectivity index (χ0n) is 40.0. The van der Waals surface area contributed by atoms with E-state index in [1.54, 1.807) is 0 Å². The summed E-state index contributed by atoms with van der Waals surface area (Å²) < 4.78 is 6.39. The molecule has 73 heavy (non-hydrogen) atoms. The summed E-state index contributed by atoms with van der Waals surface area (Å²) in [5.41, 5.74) is 19.8. The zero-order chi connectivity index (χ0) is 48.5. The van der Waals surface area contributed by atoms with Crippen molar-refractivity contribution >= 4 is 66.8 Å². The third-order valence-electron chi connectivity index (χ3n) is 14.0. The Balaban J connectivity index is 0.938. The highest BCUT2D eigenvalue weighted by Crippen LogP contribution is 2.47. The van der Waals surface area contributed by atoms with Crippen molar-refractivity contribution < 1.29 is 4.42 Å². The molecule has 3 heteroatoms. The lowest BCUT2D eigenvalue weighted by molar-refractivity contribution is 0.669. The van der Waals surface area contributed by atoms with Crippen molar-refractivity contribution in [2.75, 3.05) is 9.80 Å². The van der Waals surface area contributed by atoms with E-state index < -0.39 is 0 Å². The Bertz CT molecular complexity index is 4040. The number of nitrogens with zero attached hydrogens (tertiary/aromatic N) is 2. The van der Waals surface area contributed by atoms with Crippen LogP contribution in [0.15, 0.2) is 296 Å². The van der Waals surface area contributed by atoms with Crippen LogP contribution in [0.4, 0.5) is 34.1 Å². The monoisotopic (exact) mass is 932 g/mol. The molecule has 13 aromatic rings. The molecule has 3 nitrogen and oxygen atoms in total. The number of anilines is 6. The molecule has 0 N–H and O–H groups in total. The molecule has 0 aliphatic rings. The average molecular weight is 933 g/mol. The predicted octanol–water partition coefficient (Wildman–Crippen LogP) is 20.0. The van der Waals surface area contributed by atoms with Gasteiger partial charge in [-0.2, -0.15) is 0 Å². The molecule has 0 saturated heterocycles. The molecular weight excluding hydrogens is 885 g/mol. The number of hydrogen-bond donors (Lipinski definition) is 0. The molecule has 0 atom stereocenters. The second-order valence-corrected chi connectivity index (χ2v) is 18.5. The van der Waals surface area contributed by atoms with Crippen LogP contribution in [-0.2, 0) is 0 Å². The van der Waals surface area contributed by atoms with Crippen LogP contribution >= 0.6 is 0 Å². The summed E-state index contributed by atoms with van der Waals surface area (Å²) >= 11 is 0. The van der Waals surface area contributed by atoms with Crippen molar-refractivity contribution in [3.05, 3.63) is 291 Å². The Kier molecular flexibility index (Phi) is 11.2. The Morgan fingerprint density at radius 2 is 0.589 bits per heavy atom. The first-order valence-corrected chi connectivity index (χ1v) is 24.9. The van der Waals surface area contributed by atoms with Crippen molar-refractivity contribution in [3.8, 4) is 55.6 Å². The highest BCUT2D eigenvalue weighted by atomic mass is 16.3. The SMILES string of the molecule is c1ccc(-c2cc(-c3ccc(N(c4ccccc4)c4cc5ccccc5cc4-c4ccccc4)cc3)c(-c3ccccc3)cc2-c2ccc(N(c3ccccc3)c3ccc4c(c3)oc3ccccc34)cc2)cc1. The van der Waals surface area contributed by atoms with Crippen molar-refractivity contribution in [1.82, 2.24) is 0 Å². The molecule has 0 bridgehead atoms. The molecule has 13 rings (SSSR count). The van der Waals surface area contributed by atoms with Gasteiger partial charge in [0.15, 0.2) is 0 Å². The minimum absolute atomic E-state index is 0.863. The van der Waals surface area contributed by atoms with Crippen molar-refractivity contribution in [2.24, 2.45) is 0 Å². The predicted molar refractivity (Wildman–Crippen MR) is 308 cm³/mol. The lowest BCUT2D eigenvalue weighted by Crippen LogP contribution is -2.11. The third-order valence-corrected chi connectivity index (χ3v) is 14.0. The molecule has 1 aromatic heterocycles. The number of benzene rings is 12. The molecule has 0 aliphatic heterocycles. The average Bonchev–Trinajstić information content (AvgIpc) is 3.84. The number of fused-ring (bicyclic) bond motifs is 4. The largest absolute Gasteiger partial charge is 0.456 e. The fraction of sp³-hybridized carbons (Fsp3) is 0. The van der Waals surface area contributed by atoms with Crippen molar-refractivity contribution in [3.63, 3.8) is 0 Å². The summed E-state index contributed by atoms with van der Waals surface area (Å²) in [6, 6.07) is 105. The molecule has 12 aromatic carbocycles. The molecule has 0 saturated carbocycles. The number of rotatable bonds is 11. The third kappa shape index (κ3) is 8.29. The minimum Gasteiger partial charge on any atom is -0.456 e. The van der Waals surface area contributed by atoms with Gasteiger partial charge in [0.2, 0.25) is 0 Å². The lowest BCUT2D eigenvalue weighted by atomic mass is 9.85. The summed E-state index contributed by atoms with van der Waals surface area (Å²) in [5.74, 6) is 0. The molecule has 0 spiro atoms. The van der Waals surface area contributed by atoms with Gasteiger partial charge in [-0.3, -0.25) is 0 Å². The highest BCUT2D eigenvalue weighted by molar-refractivity contribution is 6.06. The van der Waals surface area contributed by atoms with Gasteiger partial charge in [0.05, 0.1) is 5.69 Å². The van der Waals surface area contributed by atoms with E-state index >= 15 is 0 Å². The van der Waals surface area contributed by atoms with E-state index in [1.165, 1.54) is 21.9 Å². The van der Waals surface area contributed by atoms with Crippen LogP contribution < -0.4 is 9.80 Å². The van der Waals surface area contributed by atoms with Crippen LogP contribution in [0.5, 0.6) is 0 Å². The number of para-hydroxylation sites is 3. The van der Waals surface area contributed by atoms with Crippen molar-refractivity contribution in [2.45, 2.75) is 0 Å². The first-order valence-electron chi connectivity index (χ1n) is 24.9. The number of hydrogen-bond acceptors (Lipinski definition) is 3. The first kappa shape index (κ1) is 43.3. The van der Waals surface area contributed by atoms with Gasteiger partial charge in [0, 0.05) is 50.8 Å².